The molecule has 1 aromatic carbocycles. The van der Waals surface area contributed by atoms with E-state index in [0.717, 1.165) is 6.07 Å². The molecule has 1 N–H and O–H groups in total. The first-order valence-corrected chi connectivity index (χ1v) is 4.81. The molecule has 0 aliphatic carbocycles. The fourth-order valence-corrected chi connectivity index (χ4v) is 1.51. The molecule has 0 aliphatic heterocycles. The summed E-state index contributed by atoms with van der Waals surface area (Å²) in [6, 6.07) is 2.92. The van der Waals surface area contributed by atoms with Gasteiger partial charge in [-0.3, -0.25) is 0 Å². The van der Waals surface area contributed by atoms with Gasteiger partial charge in [0.05, 0.1) is 10.6 Å². The Hall–Kier alpha value is -0.740. The Morgan fingerprint density at radius 1 is 1.40 bits per heavy atom. The van der Waals surface area contributed by atoms with E-state index >= 15 is 0 Å². The first kappa shape index (κ1) is 12.3. The highest BCUT2D eigenvalue weighted by atomic mass is 35.5. The third-order valence-corrected chi connectivity index (χ3v) is 2.42. The summed E-state index contributed by atoms with van der Waals surface area (Å²) >= 11 is 5.51. The van der Waals surface area contributed by atoms with Crippen LogP contribution in [0.25, 0.3) is 5.73 Å². The summed E-state index contributed by atoms with van der Waals surface area (Å²) in [6.07, 6.45) is -3.89. The highest BCUT2D eigenvalue weighted by molar-refractivity contribution is 6.31. The lowest BCUT2D eigenvalue weighted by atomic mass is 10.0. The fraction of sp³-hybridized carbons (Fsp3) is 0.400. The summed E-state index contributed by atoms with van der Waals surface area (Å²) in [6.45, 7) is 1.79. The minimum atomic E-state index is -4.43. The molecular weight excluding hydrogens is 227 g/mol. The maximum absolute atomic E-state index is 12.3. The quantitative estimate of drug-likeness (QED) is 0.700. The van der Waals surface area contributed by atoms with E-state index in [-0.39, 0.29) is 5.02 Å². The van der Waals surface area contributed by atoms with Gasteiger partial charge in [-0.15, -0.1) is 6.04 Å². The van der Waals surface area contributed by atoms with Crippen molar-refractivity contribution in [2.45, 2.75) is 25.6 Å². The molecular formula is C10H10ClF3N-. The minimum Gasteiger partial charge on any atom is -0.671 e. The van der Waals surface area contributed by atoms with Crippen LogP contribution in [0.1, 0.15) is 30.5 Å². The second-order valence-corrected chi connectivity index (χ2v) is 3.61. The normalized spacial score (nSPS) is 14.0. The molecule has 1 atom stereocenters. The summed E-state index contributed by atoms with van der Waals surface area (Å²) < 4.78 is 37.0. The second kappa shape index (κ2) is 4.41. The van der Waals surface area contributed by atoms with Crippen LogP contribution in [0.5, 0.6) is 0 Å². The highest BCUT2D eigenvalue weighted by Crippen LogP contribution is 2.36. The van der Waals surface area contributed by atoms with Crippen LogP contribution in [0.4, 0.5) is 13.2 Å². The lowest BCUT2D eigenvalue weighted by molar-refractivity contribution is -0.137. The number of alkyl halides is 3. The van der Waals surface area contributed by atoms with Crippen LogP contribution in [0.2, 0.25) is 5.02 Å². The van der Waals surface area contributed by atoms with Crippen LogP contribution in [0, 0.1) is 0 Å². The predicted molar refractivity (Wildman–Crippen MR) is 53.8 cm³/mol. The van der Waals surface area contributed by atoms with Gasteiger partial charge in [0.1, 0.15) is 0 Å². The summed E-state index contributed by atoms with van der Waals surface area (Å²) in [4.78, 5) is 0. The Balaban J connectivity index is 3.09. The summed E-state index contributed by atoms with van der Waals surface area (Å²) in [5.41, 5.74) is 7.20. The average Bonchev–Trinajstić information content (AvgIpc) is 2.14. The van der Waals surface area contributed by atoms with Crippen molar-refractivity contribution in [2.24, 2.45) is 0 Å². The number of hydrogen-bond donors (Lipinski definition) is 0. The van der Waals surface area contributed by atoms with Gasteiger partial charge in [-0.05, 0) is 12.1 Å². The zero-order chi connectivity index (χ0) is 11.6. The zero-order valence-corrected chi connectivity index (χ0v) is 8.78. The number of hydrogen-bond acceptors (Lipinski definition) is 0. The summed E-state index contributed by atoms with van der Waals surface area (Å²) in [5, 5.41) is -0.342. The maximum atomic E-state index is 12.3. The van der Waals surface area contributed by atoms with Gasteiger partial charge in [-0.2, -0.15) is 13.2 Å². The highest BCUT2D eigenvalue weighted by Gasteiger charge is 2.32. The SMILES string of the molecule is CCC([NH-])c1ccc(C(F)(F)F)c(Cl)c1. The molecule has 0 fully saturated rings. The van der Waals surface area contributed by atoms with Crippen molar-refractivity contribution in [3.05, 3.63) is 40.1 Å². The van der Waals surface area contributed by atoms with Gasteiger partial charge in [-0.1, -0.05) is 36.6 Å². The molecule has 1 nitrogen and oxygen atoms in total. The lowest BCUT2D eigenvalue weighted by Gasteiger charge is -2.19. The van der Waals surface area contributed by atoms with Crippen molar-refractivity contribution in [3.63, 3.8) is 0 Å². The largest absolute Gasteiger partial charge is 0.671 e. The van der Waals surface area contributed by atoms with E-state index in [2.05, 4.69) is 0 Å². The van der Waals surface area contributed by atoms with E-state index in [4.69, 9.17) is 17.3 Å². The van der Waals surface area contributed by atoms with Crippen molar-refractivity contribution >= 4 is 11.6 Å². The third kappa shape index (κ3) is 2.86. The third-order valence-electron chi connectivity index (χ3n) is 2.11. The van der Waals surface area contributed by atoms with Gasteiger partial charge in [0.2, 0.25) is 0 Å². The molecule has 0 amide bonds. The molecule has 0 saturated carbocycles. The van der Waals surface area contributed by atoms with Crippen molar-refractivity contribution < 1.29 is 13.2 Å². The zero-order valence-electron chi connectivity index (χ0n) is 8.03. The van der Waals surface area contributed by atoms with E-state index in [0.29, 0.717) is 12.0 Å². The molecule has 0 aliphatic rings. The van der Waals surface area contributed by atoms with E-state index in [1.54, 1.807) is 6.92 Å². The van der Waals surface area contributed by atoms with E-state index in [1.165, 1.54) is 12.1 Å². The molecule has 0 spiro atoms. The van der Waals surface area contributed by atoms with Crippen LogP contribution in [-0.2, 0) is 6.18 Å². The van der Waals surface area contributed by atoms with E-state index in [9.17, 15) is 13.2 Å². The minimum absolute atomic E-state index is 0.342. The molecule has 15 heavy (non-hydrogen) atoms. The molecule has 0 aromatic heterocycles. The van der Waals surface area contributed by atoms with Crippen molar-refractivity contribution in [1.82, 2.24) is 0 Å². The Labute approximate surface area is 91.0 Å². The Morgan fingerprint density at radius 3 is 2.40 bits per heavy atom. The summed E-state index contributed by atoms with van der Waals surface area (Å²) in [7, 11) is 0. The van der Waals surface area contributed by atoms with E-state index in [1.807, 2.05) is 0 Å². The molecule has 1 rings (SSSR count). The molecule has 1 aromatic rings. The maximum Gasteiger partial charge on any atom is 0.417 e. The Bertz CT molecular complexity index is 349. The van der Waals surface area contributed by atoms with Crippen LogP contribution >= 0.6 is 11.6 Å². The second-order valence-electron chi connectivity index (χ2n) is 3.20. The van der Waals surface area contributed by atoms with Crippen molar-refractivity contribution in [1.29, 1.82) is 0 Å². The molecule has 0 bridgehead atoms. The van der Waals surface area contributed by atoms with Crippen LogP contribution < -0.4 is 0 Å². The van der Waals surface area contributed by atoms with Gasteiger partial charge in [0, 0.05) is 0 Å². The molecule has 1 unspecified atom stereocenters. The Morgan fingerprint density at radius 2 is 2.00 bits per heavy atom. The topological polar surface area (TPSA) is 23.8 Å². The number of benzene rings is 1. The first-order valence-electron chi connectivity index (χ1n) is 4.44. The monoisotopic (exact) mass is 236 g/mol. The summed E-state index contributed by atoms with van der Waals surface area (Å²) in [5.74, 6) is 0. The number of nitrogens with one attached hydrogen (secondary N) is 1. The van der Waals surface area contributed by atoms with Crippen LogP contribution in [0.3, 0.4) is 0 Å². The van der Waals surface area contributed by atoms with Crippen LogP contribution in [0.15, 0.2) is 18.2 Å². The molecule has 5 heteroatoms. The van der Waals surface area contributed by atoms with Gasteiger partial charge < -0.3 is 5.73 Å². The smallest absolute Gasteiger partial charge is 0.417 e. The lowest BCUT2D eigenvalue weighted by Crippen LogP contribution is -2.06. The van der Waals surface area contributed by atoms with Crippen molar-refractivity contribution in [2.75, 3.05) is 0 Å². The average molecular weight is 237 g/mol. The fourth-order valence-electron chi connectivity index (χ4n) is 1.21. The molecule has 84 valence electrons. The first-order chi connectivity index (χ1) is 6.86. The molecule has 0 heterocycles. The molecule has 0 radical (unpaired) electrons. The van der Waals surface area contributed by atoms with Gasteiger partial charge in [0.25, 0.3) is 0 Å². The predicted octanol–water partition coefficient (Wildman–Crippen LogP) is 4.86. The number of halogens is 4. The molecule has 0 saturated heterocycles. The standard InChI is InChI=1S/C10H10ClF3N/c1-2-9(15)6-3-4-7(8(11)5-6)10(12,13)14/h3-5,9,15H,2H2,1H3/q-1. The van der Waals surface area contributed by atoms with E-state index < -0.39 is 17.8 Å². The van der Waals surface area contributed by atoms with Crippen molar-refractivity contribution in [3.8, 4) is 0 Å². The van der Waals surface area contributed by atoms with Gasteiger partial charge in [0.15, 0.2) is 0 Å². The van der Waals surface area contributed by atoms with Crippen LogP contribution in [-0.4, -0.2) is 0 Å². The Kier molecular flexibility index (Phi) is 3.62. The van der Waals surface area contributed by atoms with Gasteiger partial charge in [-0.25, -0.2) is 0 Å². The van der Waals surface area contributed by atoms with Gasteiger partial charge >= 0.3 is 6.18 Å². The number of rotatable bonds is 2.